The summed E-state index contributed by atoms with van der Waals surface area (Å²) in [4.78, 5) is 42.7. The predicted molar refractivity (Wildman–Crippen MR) is 207 cm³/mol. The molecule has 1 atom stereocenters. The zero-order valence-electron chi connectivity index (χ0n) is 31.5. The van der Waals surface area contributed by atoms with Crippen LogP contribution in [0, 0.1) is 0 Å². The average molecular weight is 723 g/mol. The van der Waals surface area contributed by atoms with E-state index < -0.39 is 32.5 Å². The van der Waals surface area contributed by atoms with Crippen LogP contribution in [0.1, 0.15) is 168 Å². The molecule has 0 saturated heterocycles. The minimum absolute atomic E-state index is 0.188. The largest absolute Gasteiger partial charge is 0.469 e. The lowest BCUT2D eigenvalue weighted by atomic mass is 10.0. The summed E-state index contributed by atoms with van der Waals surface area (Å²) in [5, 5.41) is 0. The van der Waals surface area contributed by atoms with Crippen LogP contribution < -0.4 is 0 Å². The van der Waals surface area contributed by atoms with Crippen molar-refractivity contribution < 1.29 is 37.9 Å². The number of esters is 2. The number of rotatable bonds is 35. The van der Waals surface area contributed by atoms with Gasteiger partial charge in [0.05, 0.1) is 6.61 Å². The Morgan fingerprint density at radius 1 is 0.540 bits per heavy atom. The first-order valence-electron chi connectivity index (χ1n) is 19.6. The van der Waals surface area contributed by atoms with Gasteiger partial charge in [-0.2, -0.15) is 0 Å². The lowest BCUT2D eigenvalue weighted by Crippen LogP contribution is -2.29. The highest BCUT2D eigenvalue weighted by Gasteiger charge is 2.22. The molecule has 0 fully saturated rings. The third-order valence-corrected chi connectivity index (χ3v) is 8.54. The van der Waals surface area contributed by atoms with Crippen molar-refractivity contribution in [2.24, 2.45) is 0 Å². The van der Waals surface area contributed by atoms with E-state index in [1.165, 1.54) is 70.6 Å². The van der Waals surface area contributed by atoms with Gasteiger partial charge in [0.1, 0.15) is 6.61 Å². The zero-order chi connectivity index (χ0) is 36.8. The molecule has 0 rings (SSSR count). The first kappa shape index (κ1) is 47.8. The standard InChI is InChI=1S/C41H71O8P/c1-3-5-7-9-11-13-15-17-19-20-22-23-25-27-29-31-33-35-40(42)47-37-39(38-48-50(44,45)46)49-41(43)36-34-32-30-28-26-24-21-18-16-14-12-10-8-6-4-2/h5,7,11,13,17,19,22-23,27,29,39H,3-4,6,8-10,12,14-16,18,20-21,24-26,28,30-38H2,1-2H3,(H2,44,45,46)/b7-5-,13-11-,19-17-,23-22-,29-27-/t39-/m1/s1. The Balaban J connectivity index is 4.05. The van der Waals surface area contributed by atoms with Crippen LogP contribution >= 0.6 is 7.82 Å². The van der Waals surface area contributed by atoms with Gasteiger partial charge in [-0.15, -0.1) is 0 Å². The number of hydrogen-bond donors (Lipinski definition) is 2. The van der Waals surface area contributed by atoms with E-state index in [1.807, 2.05) is 6.08 Å². The normalized spacial score (nSPS) is 13.1. The van der Waals surface area contributed by atoms with Crippen molar-refractivity contribution in [3.8, 4) is 0 Å². The Bertz CT molecular complexity index is 995. The molecule has 0 spiro atoms. The van der Waals surface area contributed by atoms with Gasteiger partial charge in [0.2, 0.25) is 0 Å². The van der Waals surface area contributed by atoms with Gasteiger partial charge in [0, 0.05) is 12.8 Å². The Kier molecular flexibility index (Phi) is 34.9. The molecule has 0 bridgehead atoms. The summed E-state index contributed by atoms with van der Waals surface area (Å²) in [6.45, 7) is 3.52. The van der Waals surface area contributed by atoms with Crippen LogP contribution in [0.5, 0.6) is 0 Å². The maximum Gasteiger partial charge on any atom is 0.469 e. The second-order valence-electron chi connectivity index (χ2n) is 12.9. The minimum Gasteiger partial charge on any atom is -0.462 e. The topological polar surface area (TPSA) is 119 Å². The summed E-state index contributed by atoms with van der Waals surface area (Å²) < 4.78 is 26.3. The van der Waals surface area contributed by atoms with E-state index in [9.17, 15) is 14.2 Å². The maximum absolute atomic E-state index is 12.4. The van der Waals surface area contributed by atoms with Crippen molar-refractivity contribution in [3.05, 3.63) is 60.8 Å². The Morgan fingerprint density at radius 3 is 1.42 bits per heavy atom. The van der Waals surface area contributed by atoms with Crippen LogP contribution in [0.25, 0.3) is 0 Å². The number of hydrogen-bond acceptors (Lipinski definition) is 6. The molecule has 0 aromatic carbocycles. The highest BCUT2D eigenvalue weighted by Crippen LogP contribution is 2.36. The Hall–Kier alpha value is -2.25. The first-order chi connectivity index (χ1) is 24.3. The van der Waals surface area contributed by atoms with Gasteiger partial charge in [-0.05, 0) is 51.4 Å². The Morgan fingerprint density at radius 2 is 0.960 bits per heavy atom. The Labute approximate surface area is 305 Å². The smallest absolute Gasteiger partial charge is 0.462 e. The molecule has 9 heteroatoms. The SMILES string of the molecule is CC/C=C\C/C=C\C/C=C\C/C=C\C/C=C\CCCC(=O)OC[C@H](COP(=O)(O)O)OC(=O)CCCCCCCCCCCCCCCCC. The molecule has 0 aromatic heterocycles. The summed E-state index contributed by atoms with van der Waals surface area (Å²) in [6.07, 6.45) is 45.2. The third-order valence-electron chi connectivity index (χ3n) is 8.05. The first-order valence-corrected chi connectivity index (χ1v) is 21.1. The van der Waals surface area contributed by atoms with Crippen LogP contribution in [-0.4, -0.2) is 41.0 Å². The van der Waals surface area contributed by atoms with Gasteiger partial charge in [0.15, 0.2) is 6.10 Å². The van der Waals surface area contributed by atoms with Gasteiger partial charge in [0.25, 0.3) is 0 Å². The molecular formula is C41H71O8P. The molecule has 0 saturated carbocycles. The quantitative estimate of drug-likeness (QED) is 0.0287. The zero-order valence-corrected chi connectivity index (χ0v) is 32.4. The molecule has 2 N–H and O–H groups in total. The molecule has 0 heterocycles. The highest BCUT2D eigenvalue weighted by molar-refractivity contribution is 7.46. The molecule has 8 nitrogen and oxygen atoms in total. The van der Waals surface area contributed by atoms with E-state index >= 15 is 0 Å². The third kappa shape index (κ3) is 38.6. The number of phosphoric ester groups is 1. The number of phosphoric acid groups is 1. The molecule has 0 aromatic rings. The van der Waals surface area contributed by atoms with Crippen LogP contribution in [0.3, 0.4) is 0 Å². The lowest BCUT2D eigenvalue weighted by molar-refractivity contribution is -0.161. The maximum atomic E-state index is 12.4. The molecule has 0 aliphatic rings. The summed E-state index contributed by atoms with van der Waals surface area (Å²) in [7, 11) is -4.76. The number of carbonyl (C=O) groups excluding carboxylic acids is 2. The highest BCUT2D eigenvalue weighted by atomic mass is 31.2. The van der Waals surface area contributed by atoms with Crippen LogP contribution in [0.15, 0.2) is 60.8 Å². The molecule has 0 radical (unpaired) electrons. The molecular weight excluding hydrogens is 651 g/mol. The minimum atomic E-state index is -4.76. The van der Waals surface area contributed by atoms with E-state index in [2.05, 4.69) is 73.1 Å². The van der Waals surface area contributed by atoms with Crippen molar-refractivity contribution >= 4 is 19.8 Å². The van der Waals surface area contributed by atoms with Crippen LogP contribution in [-0.2, 0) is 28.2 Å². The van der Waals surface area contributed by atoms with E-state index in [4.69, 9.17) is 19.3 Å². The number of unbranched alkanes of at least 4 members (excludes halogenated alkanes) is 15. The van der Waals surface area contributed by atoms with E-state index in [-0.39, 0.29) is 19.4 Å². The molecule has 0 unspecified atom stereocenters. The van der Waals surface area contributed by atoms with E-state index in [0.717, 1.165) is 57.8 Å². The summed E-state index contributed by atoms with van der Waals surface area (Å²) in [6, 6.07) is 0. The average Bonchev–Trinajstić information content (AvgIpc) is 3.08. The van der Waals surface area contributed by atoms with Crippen molar-refractivity contribution in [1.82, 2.24) is 0 Å². The van der Waals surface area contributed by atoms with Gasteiger partial charge in [-0.1, -0.05) is 164 Å². The fourth-order valence-electron chi connectivity index (χ4n) is 5.17. The fourth-order valence-corrected chi connectivity index (χ4v) is 5.53. The van der Waals surface area contributed by atoms with Gasteiger partial charge < -0.3 is 19.3 Å². The lowest BCUT2D eigenvalue weighted by Gasteiger charge is -2.18. The van der Waals surface area contributed by atoms with Crippen LogP contribution in [0.2, 0.25) is 0 Å². The molecule has 0 aliphatic carbocycles. The monoisotopic (exact) mass is 722 g/mol. The van der Waals surface area contributed by atoms with Gasteiger partial charge >= 0.3 is 19.8 Å². The second kappa shape index (κ2) is 36.5. The number of ether oxygens (including phenoxy) is 2. The van der Waals surface area contributed by atoms with Crippen molar-refractivity contribution in [2.45, 2.75) is 174 Å². The van der Waals surface area contributed by atoms with Crippen molar-refractivity contribution in [1.29, 1.82) is 0 Å². The molecule has 0 amide bonds. The number of carbonyl (C=O) groups is 2. The van der Waals surface area contributed by atoms with Crippen molar-refractivity contribution in [2.75, 3.05) is 13.2 Å². The van der Waals surface area contributed by atoms with Gasteiger partial charge in [-0.25, -0.2) is 4.57 Å². The van der Waals surface area contributed by atoms with Crippen molar-refractivity contribution in [3.63, 3.8) is 0 Å². The number of allylic oxidation sites excluding steroid dienone is 10. The van der Waals surface area contributed by atoms with Gasteiger partial charge in [-0.3, -0.25) is 14.1 Å². The predicted octanol–water partition coefficient (Wildman–Crippen LogP) is 11.7. The summed E-state index contributed by atoms with van der Waals surface area (Å²) >= 11 is 0. The second-order valence-corrected chi connectivity index (χ2v) is 14.1. The van der Waals surface area contributed by atoms with E-state index in [1.54, 1.807) is 0 Å². The summed E-state index contributed by atoms with van der Waals surface area (Å²) in [5.74, 6) is -0.953. The summed E-state index contributed by atoms with van der Waals surface area (Å²) in [5.41, 5.74) is 0. The molecule has 288 valence electrons. The fraction of sp³-hybridized carbons (Fsp3) is 0.707. The molecule has 50 heavy (non-hydrogen) atoms. The molecule has 0 aliphatic heterocycles. The van der Waals surface area contributed by atoms with E-state index in [0.29, 0.717) is 12.8 Å². The van der Waals surface area contributed by atoms with Crippen LogP contribution in [0.4, 0.5) is 0 Å².